The van der Waals surface area contributed by atoms with Crippen LogP contribution in [-0.2, 0) is 0 Å². The standard InChI is InChI=1S/C8H12F3N.ClH/c9-8(10,11)7-2-5-1-6(7)4-12-3-5;/h5-7,12H,1-4H2;1H. The number of hydrogen-bond donors (Lipinski definition) is 1. The summed E-state index contributed by atoms with van der Waals surface area (Å²) in [5.74, 6) is -0.906. The average Bonchev–Trinajstić information content (AvgIpc) is 2.25. The van der Waals surface area contributed by atoms with Gasteiger partial charge in [-0.3, -0.25) is 0 Å². The molecule has 0 radical (unpaired) electrons. The minimum atomic E-state index is -3.97. The van der Waals surface area contributed by atoms with E-state index in [2.05, 4.69) is 5.32 Å². The lowest BCUT2D eigenvalue weighted by atomic mass is 9.95. The van der Waals surface area contributed by atoms with Gasteiger partial charge in [-0.25, -0.2) is 0 Å². The molecule has 0 spiro atoms. The van der Waals surface area contributed by atoms with Gasteiger partial charge < -0.3 is 5.32 Å². The van der Waals surface area contributed by atoms with Gasteiger partial charge in [0, 0.05) is 0 Å². The van der Waals surface area contributed by atoms with E-state index in [1.807, 2.05) is 0 Å². The van der Waals surface area contributed by atoms with E-state index in [-0.39, 0.29) is 24.2 Å². The Kier molecular flexibility index (Phi) is 3.12. The lowest BCUT2D eigenvalue weighted by molar-refractivity contribution is -0.182. The summed E-state index contributed by atoms with van der Waals surface area (Å²) in [6, 6.07) is 0. The summed E-state index contributed by atoms with van der Waals surface area (Å²) in [4.78, 5) is 0. The highest BCUT2D eigenvalue weighted by Crippen LogP contribution is 2.46. The fourth-order valence-corrected chi connectivity index (χ4v) is 2.51. The molecule has 3 unspecified atom stereocenters. The van der Waals surface area contributed by atoms with Gasteiger partial charge in [0.2, 0.25) is 0 Å². The van der Waals surface area contributed by atoms with Gasteiger partial charge in [-0.05, 0) is 37.8 Å². The summed E-state index contributed by atoms with van der Waals surface area (Å²) in [6.45, 7) is 1.34. The second kappa shape index (κ2) is 3.65. The van der Waals surface area contributed by atoms with Gasteiger partial charge >= 0.3 is 6.18 Å². The molecule has 2 rings (SSSR count). The highest BCUT2D eigenvalue weighted by molar-refractivity contribution is 5.85. The van der Waals surface area contributed by atoms with E-state index in [0.717, 1.165) is 13.0 Å². The zero-order chi connectivity index (χ0) is 8.77. The van der Waals surface area contributed by atoms with Crippen molar-refractivity contribution in [3.05, 3.63) is 0 Å². The highest BCUT2D eigenvalue weighted by Gasteiger charge is 2.50. The molecule has 1 N–H and O–H groups in total. The number of halogens is 4. The molecule has 2 fully saturated rings. The number of fused-ring (bicyclic) bond motifs is 2. The van der Waals surface area contributed by atoms with Crippen LogP contribution < -0.4 is 5.32 Å². The van der Waals surface area contributed by atoms with Crippen molar-refractivity contribution in [2.75, 3.05) is 13.1 Å². The maximum absolute atomic E-state index is 12.4. The molecule has 0 amide bonds. The first-order valence-corrected chi connectivity index (χ1v) is 4.35. The first-order chi connectivity index (χ1) is 5.57. The summed E-state index contributed by atoms with van der Waals surface area (Å²) in [5.41, 5.74) is 0. The van der Waals surface area contributed by atoms with E-state index < -0.39 is 12.1 Å². The van der Waals surface area contributed by atoms with Crippen LogP contribution in [0.3, 0.4) is 0 Å². The topological polar surface area (TPSA) is 12.0 Å². The molecular formula is C8H13ClF3N. The summed E-state index contributed by atoms with van der Waals surface area (Å²) >= 11 is 0. The van der Waals surface area contributed by atoms with Crippen LogP contribution in [0.1, 0.15) is 12.8 Å². The Morgan fingerprint density at radius 2 is 1.77 bits per heavy atom. The molecule has 2 bridgehead atoms. The van der Waals surface area contributed by atoms with Crippen LogP contribution in [-0.4, -0.2) is 19.3 Å². The second-order valence-corrected chi connectivity index (χ2v) is 3.90. The van der Waals surface area contributed by atoms with Crippen molar-refractivity contribution >= 4 is 12.4 Å². The van der Waals surface area contributed by atoms with E-state index in [9.17, 15) is 13.2 Å². The molecule has 1 nitrogen and oxygen atoms in total. The SMILES string of the molecule is Cl.FC(F)(F)C1CC2CNCC1C2. The summed E-state index contributed by atoms with van der Waals surface area (Å²) < 4.78 is 37.1. The number of rotatable bonds is 0. The van der Waals surface area contributed by atoms with Crippen molar-refractivity contribution in [2.24, 2.45) is 17.8 Å². The Balaban J connectivity index is 0.000000845. The molecule has 1 aliphatic carbocycles. The zero-order valence-corrected chi connectivity index (χ0v) is 7.92. The Morgan fingerprint density at radius 3 is 2.31 bits per heavy atom. The normalized spacial score (nSPS) is 38.5. The van der Waals surface area contributed by atoms with Gasteiger partial charge in [0.05, 0.1) is 5.92 Å². The first kappa shape index (κ1) is 11.1. The average molecular weight is 216 g/mol. The molecule has 0 aromatic carbocycles. The predicted octanol–water partition coefficient (Wildman–Crippen LogP) is 2.22. The third kappa shape index (κ3) is 2.10. The molecule has 3 atom stereocenters. The van der Waals surface area contributed by atoms with Gasteiger partial charge in [-0.2, -0.15) is 13.2 Å². The van der Waals surface area contributed by atoms with Crippen molar-refractivity contribution in [3.8, 4) is 0 Å². The van der Waals surface area contributed by atoms with E-state index in [4.69, 9.17) is 0 Å². The molecule has 2 aliphatic rings. The lowest BCUT2D eigenvalue weighted by Gasteiger charge is -2.23. The Bertz CT molecular complexity index is 183. The van der Waals surface area contributed by atoms with E-state index in [1.165, 1.54) is 0 Å². The summed E-state index contributed by atoms with van der Waals surface area (Å²) in [7, 11) is 0. The van der Waals surface area contributed by atoms with Crippen LogP contribution >= 0.6 is 12.4 Å². The van der Waals surface area contributed by atoms with Crippen molar-refractivity contribution in [3.63, 3.8) is 0 Å². The number of alkyl halides is 3. The highest BCUT2D eigenvalue weighted by atomic mass is 35.5. The molecule has 0 aromatic rings. The fourth-order valence-electron chi connectivity index (χ4n) is 2.51. The maximum Gasteiger partial charge on any atom is 0.392 e. The Labute approximate surface area is 81.5 Å². The van der Waals surface area contributed by atoms with Crippen molar-refractivity contribution in [1.82, 2.24) is 5.32 Å². The van der Waals surface area contributed by atoms with Crippen LogP contribution in [0.25, 0.3) is 0 Å². The van der Waals surface area contributed by atoms with Crippen molar-refractivity contribution < 1.29 is 13.2 Å². The number of hydrogen-bond acceptors (Lipinski definition) is 1. The Hall–Kier alpha value is 0.0400. The van der Waals surface area contributed by atoms with Gasteiger partial charge in [0.25, 0.3) is 0 Å². The van der Waals surface area contributed by atoms with E-state index in [0.29, 0.717) is 13.0 Å². The largest absolute Gasteiger partial charge is 0.392 e. The quantitative estimate of drug-likeness (QED) is 0.654. The van der Waals surface area contributed by atoms with Crippen molar-refractivity contribution in [1.29, 1.82) is 0 Å². The van der Waals surface area contributed by atoms with Crippen LogP contribution in [0.4, 0.5) is 13.2 Å². The van der Waals surface area contributed by atoms with Gasteiger partial charge in [-0.15, -0.1) is 12.4 Å². The summed E-state index contributed by atoms with van der Waals surface area (Å²) in [6.07, 6.45) is -2.84. The number of nitrogens with one attached hydrogen (secondary N) is 1. The third-order valence-electron chi connectivity index (χ3n) is 3.05. The molecule has 5 heteroatoms. The van der Waals surface area contributed by atoms with Gasteiger partial charge in [0.15, 0.2) is 0 Å². The molecule has 1 saturated heterocycles. The monoisotopic (exact) mass is 215 g/mol. The lowest BCUT2D eigenvalue weighted by Crippen LogP contribution is -2.34. The molecule has 1 aliphatic heterocycles. The zero-order valence-electron chi connectivity index (χ0n) is 7.10. The van der Waals surface area contributed by atoms with E-state index >= 15 is 0 Å². The van der Waals surface area contributed by atoms with Gasteiger partial charge in [-0.1, -0.05) is 0 Å². The fraction of sp³-hybridized carbons (Fsp3) is 1.00. The minimum Gasteiger partial charge on any atom is -0.316 e. The molecule has 0 aromatic heterocycles. The first-order valence-electron chi connectivity index (χ1n) is 4.35. The smallest absolute Gasteiger partial charge is 0.316 e. The number of piperidine rings is 1. The van der Waals surface area contributed by atoms with Crippen molar-refractivity contribution in [2.45, 2.75) is 19.0 Å². The van der Waals surface area contributed by atoms with E-state index in [1.54, 1.807) is 0 Å². The molecule has 1 saturated carbocycles. The molecule has 1 heterocycles. The van der Waals surface area contributed by atoms with Crippen LogP contribution in [0.15, 0.2) is 0 Å². The molecule has 78 valence electrons. The van der Waals surface area contributed by atoms with Crippen LogP contribution in [0.2, 0.25) is 0 Å². The predicted molar refractivity (Wildman–Crippen MR) is 45.9 cm³/mol. The Morgan fingerprint density at radius 1 is 1.08 bits per heavy atom. The van der Waals surface area contributed by atoms with Crippen LogP contribution in [0.5, 0.6) is 0 Å². The minimum absolute atomic E-state index is 0. The third-order valence-corrected chi connectivity index (χ3v) is 3.05. The second-order valence-electron chi connectivity index (χ2n) is 3.90. The van der Waals surface area contributed by atoms with Gasteiger partial charge in [0.1, 0.15) is 0 Å². The van der Waals surface area contributed by atoms with Crippen LogP contribution in [0, 0.1) is 17.8 Å². The molecule has 13 heavy (non-hydrogen) atoms. The molecular weight excluding hydrogens is 203 g/mol. The maximum atomic E-state index is 12.4. The summed E-state index contributed by atoms with van der Waals surface area (Å²) in [5, 5.41) is 3.05.